The lowest BCUT2D eigenvalue weighted by Crippen LogP contribution is -2.08. The topological polar surface area (TPSA) is 63.0 Å². The van der Waals surface area contributed by atoms with Gasteiger partial charge < -0.3 is 15.1 Å². The molecule has 0 bridgehead atoms. The third-order valence-electron chi connectivity index (χ3n) is 4.19. The summed E-state index contributed by atoms with van der Waals surface area (Å²) in [7, 11) is 0. The van der Waals surface area contributed by atoms with E-state index in [1.54, 1.807) is 12.1 Å². The van der Waals surface area contributed by atoms with Gasteiger partial charge in [-0.05, 0) is 48.9 Å². The molecule has 0 saturated carbocycles. The van der Waals surface area contributed by atoms with Crippen molar-refractivity contribution >= 4 is 35.1 Å². The van der Waals surface area contributed by atoms with Crippen LogP contribution in [0.25, 0.3) is 10.9 Å². The normalized spacial score (nSPS) is 10.5. The van der Waals surface area contributed by atoms with Crippen LogP contribution in [-0.2, 0) is 13.1 Å². The van der Waals surface area contributed by atoms with E-state index >= 15 is 0 Å². The van der Waals surface area contributed by atoms with Crippen LogP contribution < -0.4 is 10.6 Å². The average Bonchev–Trinajstić information content (AvgIpc) is 3.11. The van der Waals surface area contributed by atoms with Crippen molar-refractivity contribution in [1.29, 1.82) is 0 Å². The van der Waals surface area contributed by atoms with Crippen LogP contribution in [0.2, 0.25) is 0 Å². The minimum absolute atomic E-state index is 0. The van der Waals surface area contributed by atoms with Crippen molar-refractivity contribution in [2.45, 2.75) is 20.0 Å². The van der Waals surface area contributed by atoms with Gasteiger partial charge in [0.25, 0.3) is 0 Å². The van der Waals surface area contributed by atoms with E-state index in [-0.39, 0.29) is 18.2 Å². The molecule has 2 heterocycles. The lowest BCUT2D eigenvalue weighted by molar-refractivity contribution is 0.490. The SMILES string of the molecule is Cc1ccc(CNc2nc(NCc3ccc(F)cc3)nc3ccccc23)o1.Cl. The van der Waals surface area contributed by atoms with Gasteiger partial charge in [-0.2, -0.15) is 4.98 Å². The van der Waals surface area contributed by atoms with E-state index in [0.29, 0.717) is 19.0 Å². The smallest absolute Gasteiger partial charge is 0.225 e. The Kier molecular flexibility index (Phi) is 6.11. The highest BCUT2D eigenvalue weighted by atomic mass is 35.5. The summed E-state index contributed by atoms with van der Waals surface area (Å²) in [4.78, 5) is 9.17. The summed E-state index contributed by atoms with van der Waals surface area (Å²) in [6.07, 6.45) is 0. The Balaban J connectivity index is 0.00000225. The van der Waals surface area contributed by atoms with Crippen molar-refractivity contribution in [3.8, 4) is 0 Å². The highest BCUT2D eigenvalue weighted by Gasteiger charge is 2.08. The molecule has 0 aliphatic heterocycles. The molecule has 144 valence electrons. The molecular weight excluding hydrogens is 379 g/mol. The molecule has 0 saturated heterocycles. The molecule has 2 aromatic carbocycles. The fraction of sp³-hybridized carbons (Fsp3) is 0.143. The van der Waals surface area contributed by atoms with Crippen molar-refractivity contribution in [2.24, 2.45) is 0 Å². The van der Waals surface area contributed by atoms with Crippen LogP contribution in [0.3, 0.4) is 0 Å². The van der Waals surface area contributed by atoms with Gasteiger partial charge in [0, 0.05) is 11.9 Å². The Bertz CT molecular complexity index is 1070. The average molecular weight is 399 g/mol. The van der Waals surface area contributed by atoms with Crippen LogP contribution in [0.15, 0.2) is 65.1 Å². The minimum Gasteiger partial charge on any atom is -0.465 e. The molecule has 5 nitrogen and oxygen atoms in total. The first-order valence-corrected chi connectivity index (χ1v) is 8.72. The Morgan fingerprint density at radius 3 is 2.43 bits per heavy atom. The third kappa shape index (κ3) is 4.58. The van der Waals surface area contributed by atoms with E-state index in [4.69, 9.17) is 4.42 Å². The zero-order valence-electron chi connectivity index (χ0n) is 15.3. The Morgan fingerprint density at radius 1 is 0.893 bits per heavy atom. The molecular formula is C21H20ClFN4O. The number of benzene rings is 2. The quantitative estimate of drug-likeness (QED) is 0.460. The number of aromatic nitrogens is 2. The van der Waals surface area contributed by atoms with Crippen molar-refractivity contribution in [2.75, 3.05) is 10.6 Å². The molecule has 0 fully saturated rings. The van der Waals surface area contributed by atoms with E-state index in [2.05, 4.69) is 20.6 Å². The molecule has 0 spiro atoms. The number of aryl methyl sites for hydroxylation is 1. The molecule has 28 heavy (non-hydrogen) atoms. The number of nitrogens with one attached hydrogen (secondary N) is 2. The van der Waals surface area contributed by atoms with Crippen LogP contribution in [0.1, 0.15) is 17.1 Å². The number of para-hydroxylation sites is 1. The molecule has 7 heteroatoms. The number of fused-ring (bicyclic) bond motifs is 1. The first-order chi connectivity index (χ1) is 13.2. The fourth-order valence-corrected chi connectivity index (χ4v) is 2.82. The van der Waals surface area contributed by atoms with Crippen LogP contribution >= 0.6 is 12.4 Å². The van der Waals surface area contributed by atoms with Crippen LogP contribution in [0.4, 0.5) is 16.2 Å². The molecule has 0 unspecified atom stereocenters. The summed E-state index contributed by atoms with van der Waals surface area (Å²) >= 11 is 0. The van der Waals surface area contributed by atoms with Crippen molar-refractivity contribution in [3.05, 3.63) is 83.6 Å². The molecule has 0 aliphatic rings. The maximum atomic E-state index is 13.0. The molecule has 2 aromatic heterocycles. The van der Waals surface area contributed by atoms with Gasteiger partial charge in [0.2, 0.25) is 5.95 Å². The maximum absolute atomic E-state index is 13.0. The zero-order valence-corrected chi connectivity index (χ0v) is 16.1. The standard InChI is InChI=1S/C21H19FN4O.ClH/c1-14-6-11-17(27-14)13-23-20-18-4-2-3-5-19(18)25-21(26-20)24-12-15-7-9-16(22)10-8-15;/h2-11H,12-13H2,1H3,(H2,23,24,25,26);1H. The first kappa shape index (κ1) is 19.6. The Morgan fingerprint density at radius 2 is 1.68 bits per heavy atom. The molecule has 0 atom stereocenters. The summed E-state index contributed by atoms with van der Waals surface area (Å²) in [6, 6.07) is 18.1. The monoisotopic (exact) mass is 398 g/mol. The van der Waals surface area contributed by atoms with Gasteiger partial charge in [0.15, 0.2) is 0 Å². The lowest BCUT2D eigenvalue weighted by Gasteiger charge is -2.11. The third-order valence-corrected chi connectivity index (χ3v) is 4.19. The predicted octanol–water partition coefficient (Wildman–Crippen LogP) is 5.32. The maximum Gasteiger partial charge on any atom is 0.225 e. The number of nitrogens with zero attached hydrogens (tertiary/aromatic N) is 2. The van der Waals surface area contributed by atoms with E-state index in [1.165, 1.54) is 12.1 Å². The zero-order chi connectivity index (χ0) is 18.6. The van der Waals surface area contributed by atoms with Gasteiger partial charge >= 0.3 is 0 Å². The molecule has 2 N–H and O–H groups in total. The predicted molar refractivity (Wildman–Crippen MR) is 111 cm³/mol. The molecule has 0 aliphatic carbocycles. The van der Waals surface area contributed by atoms with Gasteiger partial charge in [-0.3, -0.25) is 0 Å². The highest BCUT2D eigenvalue weighted by Crippen LogP contribution is 2.23. The second kappa shape index (κ2) is 8.71. The Labute approximate surface area is 168 Å². The Hall–Kier alpha value is -3.12. The minimum atomic E-state index is -0.250. The van der Waals surface area contributed by atoms with Crippen LogP contribution in [0, 0.1) is 12.7 Å². The van der Waals surface area contributed by atoms with Crippen molar-refractivity contribution in [1.82, 2.24) is 9.97 Å². The van der Waals surface area contributed by atoms with Gasteiger partial charge in [-0.1, -0.05) is 24.3 Å². The molecule has 0 radical (unpaired) electrons. The molecule has 4 rings (SSSR count). The van der Waals surface area contributed by atoms with E-state index in [0.717, 1.165) is 33.8 Å². The van der Waals surface area contributed by atoms with Crippen molar-refractivity contribution in [3.63, 3.8) is 0 Å². The summed E-state index contributed by atoms with van der Waals surface area (Å²) in [5, 5.41) is 7.47. The van der Waals surface area contributed by atoms with E-state index < -0.39 is 0 Å². The number of hydrogen-bond acceptors (Lipinski definition) is 5. The van der Waals surface area contributed by atoms with Gasteiger partial charge in [0.05, 0.1) is 12.1 Å². The second-order valence-electron chi connectivity index (χ2n) is 6.26. The summed E-state index contributed by atoms with van der Waals surface area (Å²) in [5.74, 6) is 2.71. The number of hydrogen-bond donors (Lipinski definition) is 2. The number of furan rings is 1. The number of halogens is 2. The summed E-state index contributed by atoms with van der Waals surface area (Å²) in [6.45, 7) is 2.96. The second-order valence-corrected chi connectivity index (χ2v) is 6.26. The summed E-state index contributed by atoms with van der Waals surface area (Å²) in [5.41, 5.74) is 1.79. The van der Waals surface area contributed by atoms with Gasteiger partial charge in [0.1, 0.15) is 23.2 Å². The number of anilines is 2. The largest absolute Gasteiger partial charge is 0.465 e. The summed E-state index contributed by atoms with van der Waals surface area (Å²) < 4.78 is 18.7. The lowest BCUT2D eigenvalue weighted by atomic mass is 10.2. The van der Waals surface area contributed by atoms with Gasteiger partial charge in [-0.25, -0.2) is 9.37 Å². The van der Waals surface area contributed by atoms with E-state index in [1.807, 2.05) is 43.3 Å². The molecule has 0 amide bonds. The first-order valence-electron chi connectivity index (χ1n) is 8.72. The molecule has 4 aromatic rings. The van der Waals surface area contributed by atoms with Crippen molar-refractivity contribution < 1.29 is 8.81 Å². The fourth-order valence-electron chi connectivity index (χ4n) is 2.82. The highest BCUT2D eigenvalue weighted by molar-refractivity contribution is 5.90. The van der Waals surface area contributed by atoms with Crippen LogP contribution in [0.5, 0.6) is 0 Å². The van der Waals surface area contributed by atoms with E-state index in [9.17, 15) is 4.39 Å². The number of rotatable bonds is 6. The van der Waals surface area contributed by atoms with Gasteiger partial charge in [-0.15, -0.1) is 12.4 Å². The van der Waals surface area contributed by atoms with Crippen LogP contribution in [-0.4, -0.2) is 9.97 Å².